The van der Waals surface area contributed by atoms with Gasteiger partial charge < -0.3 is 25.0 Å². The zero-order chi connectivity index (χ0) is 27.5. The minimum absolute atomic E-state index is 0.0536. The number of carbonyl (C=O) groups is 3. The molecule has 1 unspecified atom stereocenters. The number of nitrogens with zero attached hydrogens (tertiary/aromatic N) is 7. The summed E-state index contributed by atoms with van der Waals surface area (Å²) in [6.45, 7) is 1.02. The summed E-state index contributed by atoms with van der Waals surface area (Å²) < 4.78 is 12.4. The Labute approximate surface area is 224 Å². The highest BCUT2D eigenvalue weighted by Gasteiger charge is 2.34. The maximum atomic E-state index is 12.8. The second-order valence-electron chi connectivity index (χ2n) is 9.31. The molecule has 2 aromatic rings. The molecule has 1 saturated heterocycles. The number of likely N-dealkylation sites (N-methyl/N-ethyl adjacent to an activating group) is 1. The number of nitrogens with two attached hydrogens (primary N) is 1. The fraction of sp³-hybridized carbons (Fsp3) is 0.346. The molecule has 202 valence electrons. The van der Waals surface area contributed by atoms with E-state index >= 15 is 0 Å². The van der Waals surface area contributed by atoms with Crippen LogP contribution in [0, 0.1) is 0 Å². The fourth-order valence-electron chi connectivity index (χ4n) is 4.46. The van der Waals surface area contributed by atoms with E-state index < -0.39 is 0 Å². The van der Waals surface area contributed by atoms with Gasteiger partial charge in [-0.2, -0.15) is 4.68 Å². The molecule has 13 nitrogen and oxygen atoms in total. The summed E-state index contributed by atoms with van der Waals surface area (Å²) >= 11 is 0. The Kier molecular flexibility index (Phi) is 7.32. The van der Waals surface area contributed by atoms with Crippen LogP contribution in [0.5, 0.6) is 0 Å². The lowest BCUT2D eigenvalue weighted by molar-refractivity contribution is -0.133. The lowest BCUT2D eigenvalue weighted by Crippen LogP contribution is -2.50. The second-order valence-corrected chi connectivity index (χ2v) is 9.31. The SMILES string of the molecule is COCC(=O)C=C(N)c1nnc2n1N=C(OCc1ccc(C(=O)N3CCN(C)C(=O)C3)cn1)C1=CC=CCC12. The van der Waals surface area contributed by atoms with Gasteiger partial charge in [-0.05, 0) is 18.6 Å². The molecule has 0 radical (unpaired) electrons. The molecule has 2 aromatic heterocycles. The number of piperazine rings is 1. The molecule has 0 aromatic carbocycles. The Morgan fingerprint density at radius 3 is 2.82 bits per heavy atom. The van der Waals surface area contributed by atoms with Gasteiger partial charge in [-0.3, -0.25) is 19.4 Å². The van der Waals surface area contributed by atoms with E-state index in [1.807, 2.05) is 18.2 Å². The van der Waals surface area contributed by atoms with Crippen LogP contribution >= 0.6 is 0 Å². The van der Waals surface area contributed by atoms with Gasteiger partial charge in [0, 0.05) is 45.1 Å². The van der Waals surface area contributed by atoms with Gasteiger partial charge in [-0.15, -0.1) is 15.3 Å². The number of ketones is 1. The Morgan fingerprint density at radius 1 is 1.23 bits per heavy atom. The molecule has 1 atom stereocenters. The number of methoxy groups -OCH3 is 1. The number of amides is 2. The number of allylic oxidation sites excluding steroid dienone is 3. The fourth-order valence-corrected chi connectivity index (χ4v) is 4.46. The molecule has 1 aliphatic carbocycles. The Hall–Kier alpha value is -4.65. The van der Waals surface area contributed by atoms with Crippen LogP contribution in [0.25, 0.3) is 5.70 Å². The highest BCUT2D eigenvalue weighted by atomic mass is 16.5. The van der Waals surface area contributed by atoms with E-state index in [0.29, 0.717) is 42.5 Å². The summed E-state index contributed by atoms with van der Waals surface area (Å²) in [7, 11) is 3.15. The predicted molar refractivity (Wildman–Crippen MR) is 139 cm³/mol. The van der Waals surface area contributed by atoms with Crippen LogP contribution in [0.4, 0.5) is 0 Å². The van der Waals surface area contributed by atoms with Crippen LogP contribution in [0.2, 0.25) is 0 Å². The molecule has 3 aliphatic rings. The van der Waals surface area contributed by atoms with E-state index in [-0.39, 0.29) is 54.8 Å². The summed E-state index contributed by atoms with van der Waals surface area (Å²) in [5.41, 5.74) is 8.08. The minimum Gasteiger partial charge on any atom is -0.470 e. The number of ether oxygens (including phenoxy) is 2. The molecule has 0 spiro atoms. The lowest BCUT2D eigenvalue weighted by atomic mass is 9.90. The Balaban J connectivity index is 1.33. The topological polar surface area (TPSA) is 158 Å². The normalized spacial score (nSPS) is 18.8. The second kappa shape index (κ2) is 11.0. The van der Waals surface area contributed by atoms with Gasteiger partial charge >= 0.3 is 0 Å². The van der Waals surface area contributed by atoms with Crippen LogP contribution in [-0.4, -0.2) is 93.6 Å². The largest absolute Gasteiger partial charge is 0.470 e. The van der Waals surface area contributed by atoms with Gasteiger partial charge in [-0.1, -0.05) is 18.2 Å². The quantitative estimate of drug-likeness (QED) is 0.500. The first-order valence-corrected chi connectivity index (χ1v) is 12.4. The highest BCUT2D eigenvalue weighted by molar-refractivity contribution is 5.98. The molecule has 0 saturated carbocycles. The molecular weight excluding hydrogens is 504 g/mol. The molecular formula is C26H28N8O5. The van der Waals surface area contributed by atoms with Gasteiger partial charge in [0.15, 0.2) is 11.6 Å². The number of hydrogen-bond acceptors (Lipinski definition) is 10. The summed E-state index contributed by atoms with van der Waals surface area (Å²) in [6, 6.07) is 3.38. The molecule has 39 heavy (non-hydrogen) atoms. The van der Waals surface area contributed by atoms with Crippen LogP contribution in [0.1, 0.15) is 40.0 Å². The smallest absolute Gasteiger partial charge is 0.255 e. The Bertz CT molecular complexity index is 1420. The summed E-state index contributed by atoms with van der Waals surface area (Å²) in [5.74, 6) is 0.385. The number of carbonyl (C=O) groups excluding carboxylic acids is 3. The maximum absolute atomic E-state index is 12.8. The Morgan fingerprint density at radius 2 is 2.08 bits per heavy atom. The van der Waals surface area contributed by atoms with Crippen molar-refractivity contribution in [3.63, 3.8) is 0 Å². The van der Waals surface area contributed by atoms with Crippen LogP contribution in [-0.2, 0) is 25.7 Å². The molecule has 5 rings (SSSR count). The van der Waals surface area contributed by atoms with Crippen molar-refractivity contribution < 1.29 is 23.9 Å². The third kappa shape index (κ3) is 5.34. The monoisotopic (exact) mass is 532 g/mol. The van der Waals surface area contributed by atoms with Gasteiger partial charge in [0.25, 0.3) is 5.91 Å². The molecule has 13 heteroatoms. The lowest BCUT2D eigenvalue weighted by Gasteiger charge is -2.31. The van der Waals surface area contributed by atoms with Crippen molar-refractivity contribution in [2.24, 2.45) is 10.8 Å². The van der Waals surface area contributed by atoms with Crippen LogP contribution in [0.15, 0.2) is 53.3 Å². The zero-order valence-electron chi connectivity index (χ0n) is 21.6. The third-order valence-corrected chi connectivity index (χ3v) is 6.61. The van der Waals surface area contributed by atoms with E-state index in [4.69, 9.17) is 15.2 Å². The van der Waals surface area contributed by atoms with Gasteiger partial charge in [0.2, 0.25) is 17.6 Å². The van der Waals surface area contributed by atoms with Gasteiger partial charge in [0.05, 0.1) is 22.9 Å². The van der Waals surface area contributed by atoms with Crippen LogP contribution in [0.3, 0.4) is 0 Å². The molecule has 2 aliphatic heterocycles. The first kappa shape index (κ1) is 26.0. The van der Waals surface area contributed by atoms with Crippen molar-refractivity contribution in [1.29, 1.82) is 0 Å². The summed E-state index contributed by atoms with van der Waals surface area (Å²) in [6.07, 6.45) is 9.25. The van der Waals surface area contributed by atoms with Crippen molar-refractivity contribution in [3.05, 3.63) is 71.1 Å². The molecule has 0 bridgehead atoms. The zero-order valence-corrected chi connectivity index (χ0v) is 21.6. The number of fused-ring (bicyclic) bond motifs is 3. The van der Waals surface area contributed by atoms with Crippen LogP contribution < -0.4 is 5.73 Å². The standard InChI is InChI=1S/C26H28N8O5/c1-32-9-10-33(13-22(32)36)26(37)16-7-8-17(28-12-16)14-39-25-20-6-4-3-5-19(20)23-29-30-24(34(23)31-25)21(27)11-18(35)15-38-2/h3-4,6-8,11-12,19H,5,9-10,13-15,27H2,1-2H3. The number of rotatable bonds is 7. The predicted octanol–water partition coefficient (Wildman–Crippen LogP) is 0.464. The van der Waals surface area contributed by atoms with Crippen molar-refractivity contribution >= 4 is 29.2 Å². The number of pyridine rings is 1. The highest BCUT2D eigenvalue weighted by Crippen LogP contribution is 2.35. The summed E-state index contributed by atoms with van der Waals surface area (Å²) in [4.78, 5) is 44.3. The average Bonchev–Trinajstić information content (AvgIpc) is 3.37. The van der Waals surface area contributed by atoms with E-state index in [2.05, 4.69) is 20.3 Å². The summed E-state index contributed by atoms with van der Waals surface area (Å²) in [5, 5.41) is 13.0. The van der Waals surface area contributed by atoms with E-state index in [9.17, 15) is 14.4 Å². The van der Waals surface area contributed by atoms with Crippen molar-refractivity contribution in [2.75, 3.05) is 40.4 Å². The number of hydrogen-bond donors (Lipinski definition) is 1. The van der Waals surface area contributed by atoms with Crippen molar-refractivity contribution in [2.45, 2.75) is 18.9 Å². The maximum Gasteiger partial charge on any atom is 0.255 e. The molecule has 2 N–H and O–H groups in total. The first-order chi connectivity index (χ1) is 18.9. The average molecular weight is 533 g/mol. The number of aromatic nitrogens is 4. The van der Waals surface area contributed by atoms with E-state index in [1.165, 1.54) is 29.0 Å². The first-order valence-electron chi connectivity index (χ1n) is 12.4. The van der Waals surface area contributed by atoms with Crippen molar-refractivity contribution in [1.82, 2.24) is 29.7 Å². The van der Waals surface area contributed by atoms with E-state index in [0.717, 1.165) is 5.57 Å². The van der Waals surface area contributed by atoms with Gasteiger partial charge in [-0.25, -0.2) is 0 Å². The molecule has 1 fully saturated rings. The van der Waals surface area contributed by atoms with Crippen molar-refractivity contribution in [3.8, 4) is 0 Å². The molecule has 4 heterocycles. The van der Waals surface area contributed by atoms with Gasteiger partial charge in [0.1, 0.15) is 19.8 Å². The molecule has 2 amide bonds. The minimum atomic E-state index is -0.308. The van der Waals surface area contributed by atoms with E-state index in [1.54, 1.807) is 24.1 Å². The third-order valence-electron chi connectivity index (χ3n) is 6.61.